The Morgan fingerprint density at radius 1 is 1.22 bits per heavy atom. The van der Waals surface area contributed by atoms with Gasteiger partial charge in [-0.15, -0.1) is 0 Å². The summed E-state index contributed by atoms with van der Waals surface area (Å²) in [5.74, 6) is 0.203. The van der Waals surface area contributed by atoms with Gasteiger partial charge in [0, 0.05) is 28.6 Å². The second-order valence-electron chi connectivity index (χ2n) is 9.22. The smallest absolute Gasteiger partial charge is 0.340 e. The third-order valence-electron chi connectivity index (χ3n) is 6.99. The summed E-state index contributed by atoms with van der Waals surface area (Å²) in [6.07, 6.45) is -0.286. The number of aryl methyl sites for hydroxylation is 1. The van der Waals surface area contributed by atoms with Crippen molar-refractivity contribution in [3.05, 3.63) is 50.8 Å². The van der Waals surface area contributed by atoms with Crippen molar-refractivity contribution in [1.82, 2.24) is 14.9 Å². The Morgan fingerprint density at radius 2 is 2.00 bits per heavy atom. The van der Waals surface area contributed by atoms with Crippen molar-refractivity contribution in [2.45, 2.75) is 45.1 Å². The number of nitrogens with one attached hydrogen (secondary N) is 1. The van der Waals surface area contributed by atoms with Gasteiger partial charge in [0.15, 0.2) is 17.6 Å². The van der Waals surface area contributed by atoms with Gasteiger partial charge in [-0.2, -0.15) is 0 Å². The number of aliphatic hydroxyl groups excluding tert-OH is 1. The molecule has 2 aromatic heterocycles. The fourth-order valence-corrected chi connectivity index (χ4v) is 5.15. The molecule has 0 saturated carbocycles. The lowest BCUT2D eigenvalue weighted by Crippen LogP contribution is -2.37. The van der Waals surface area contributed by atoms with Gasteiger partial charge in [-0.3, -0.25) is 9.59 Å². The van der Waals surface area contributed by atoms with E-state index in [1.54, 1.807) is 10.6 Å². The zero-order valence-electron chi connectivity index (χ0n) is 19.5. The Balaban J connectivity index is 1.50. The molecule has 0 unspecified atom stereocenters. The Hall–Kier alpha value is -3.96. The van der Waals surface area contributed by atoms with Crippen LogP contribution < -0.4 is 26.1 Å². The van der Waals surface area contributed by atoms with Crippen LogP contribution >= 0.6 is 0 Å². The standard InChI is InChI=1S/C25H24N4O7/c1-11(27-21(30)7-26)2-3-12-13-5-19-20(36-10-35-19)6-17(13)28-22-15(12)8-29-18(22)4-14-16(24(29)32)9-34-25(33)23(14)31/h4-6,11,23,31H,2-3,7-10,26H2,1H3,(H,27,30)/t11-,23+/m1/s1. The highest BCUT2D eigenvalue weighted by Gasteiger charge is 2.35. The van der Waals surface area contributed by atoms with Crippen molar-refractivity contribution >= 4 is 22.8 Å². The molecule has 186 valence electrons. The van der Waals surface area contributed by atoms with Crippen LogP contribution in [0.15, 0.2) is 23.0 Å². The molecule has 5 heterocycles. The van der Waals surface area contributed by atoms with Crippen LogP contribution in [0.4, 0.5) is 0 Å². The number of rotatable bonds is 5. The molecule has 1 amide bonds. The topological polar surface area (TPSA) is 155 Å². The van der Waals surface area contributed by atoms with E-state index in [9.17, 15) is 19.5 Å². The highest BCUT2D eigenvalue weighted by Crippen LogP contribution is 2.42. The number of hydrogen-bond donors (Lipinski definition) is 3. The quantitative estimate of drug-likeness (QED) is 0.340. The third kappa shape index (κ3) is 3.42. The number of aromatic nitrogens is 2. The fourth-order valence-electron chi connectivity index (χ4n) is 5.15. The average Bonchev–Trinajstić information content (AvgIpc) is 3.47. The minimum atomic E-state index is -1.52. The lowest BCUT2D eigenvalue weighted by atomic mass is 9.94. The molecule has 11 nitrogen and oxygen atoms in total. The number of hydrogen-bond acceptors (Lipinski definition) is 9. The van der Waals surface area contributed by atoms with Gasteiger partial charge in [0.25, 0.3) is 5.56 Å². The fraction of sp³-hybridized carbons (Fsp3) is 0.360. The summed E-state index contributed by atoms with van der Waals surface area (Å²) in [5, 5.41) is 14.1. The van der Waals surface area contributed by atoms with Crippen molar-refractivity contribution in [2.24, 2.45) is 5.73 Å². The van der Waals surface area contributed by atoms with Crippen LogP contribution in [0.5, 0.6) is 11.5 Å². The molecule has 3 aromatic rings. The maximum Gasteiger partial charge on any atom is 0.340 e. The van der Waals surface area contributed by atoms with Gasteiger partial charge in [0.2, 0.25) is 12.7 Å². The number of carbonyl (C=O) groups is 2. The zero-order chi connectivity index (χ0) is 25.1. The summed E-state index contributed by atoms with van der Waals surface area (Å²) in [5.41, 5.74) is 9.31. The molecular weight excluding hydrogens is 468 g/mol. The number of nitrogens with two attached hydrogens (primary N) is 1. The lowest BCUT2D eigenvalue weighted by molar-refractivity contribution is -0.157. The van der Waals surface area contributed by atoms with Gasteiger partial charge in [0.1, 0.15) is 6.61 Å². The molecule has 1 aromatic carbocycles. The maximum absolute atomic E-state index is 13.3. The van der Waals surface area contributed by atoms with Gasteiger partial charge in [0.05, 0.1) is 35.6 Å². The molecule has 0 bridgehead atoms. The first-order valence-electron chi connectivity index (χ1n) is 11.7. The highest BCUT2D eigenvalue weighted by molar-refractivity contribution is 5.91. The molecule has 36 heavy (non-hydrogen) atoms. The van der Waals surface area contributed by atoms with Crippen LogP contribution in [-0.2, 0) is 33.9 Å². The van der Waals surface area contributed by atoms with Crippen LogP contribution in [0.2, 0.25) is 0 Å². The van der Waals surface area contributed by atoms with Crippen molar-refractivity contribution in [1.29, 1.82) is 0 Å². The zero-order valence-corrected chi connectivity index (χ0v) is 19.5. The number of nitrogens with zero attached hydrogens (tertiary/aromatic N) is 2. The average molecular weight is 492 g/mol. The number of carbonyl (C=O) groups excluding carboxylic acids is 2. The number of ether oxygens (including phenoxy) is 3. The molecule has 0 aliphatic carbocycles. The molecule has 11 heteroatoms. The molecule has 0 spiro atoms. The molecule has 4 N–H and O–H groups in total. The van der Waals surface area contributed by atoms with Crippen LogP contribution in [0.3, 0.4) is 0 Å². The van der Waals surface area contributed by atoms with Crippen molar-refractivity contribution in [3.63, 3.8) is 0 Å². The molecule has 0 saturated heterocycles. The third-order valence-corrected chi connectivity index (χ3v) is 6.99. The summed E-state index contributed by atoms with van der Waals surface area (Å²) in [4.78, 5) is 41.9. The number of fused-ring (bicyclic) bond motifs is 6. The number of benzene rings is 1. The summed E-state index contributed by atoms with van der Waals surface area (Å²) < 4.78 is 17.7. The molecule has 6 rings (SSSR count). The SMILES string of the molecule is C[C@H](CCc1c2c(nc3cc4c(cc13)OCO4)-c1cc3c(c(=O)n1C2)COC(=O)[C@H]3O)NC(=O)CN. The predicted molar refractivity (Wildman–Crippen MR) is 126 cm³/mol. The molecule has 0 radical (unpaired) electrons. The van der Waals surface area contributed by atoms with E-state index in [4.69, 9.17) is 24.9 Å². The Morgan fingerprint density at radius 3 is 2.78 bits per heavy atom. The molecule has 2 atom stereocenters. The predicted octanol–water partition coefficient (Wildman–Crippen LogP) is 0.640. The van der Waals surface area contributed by atoms with Gasteiger partial charge in [-0.25, -0.2) is 9.78 Å². The summed E-state index contributed by atoms with van der Waals surface area (Å²) in [7, 11) is 0. The summed E-state index contributed by atoms with van der Waals surface area (Å²) in [6.45, 7) is 2.07. The number of cyclic esters (lactones) is 1. The van der Waals surface area contributed by atoms with E-state index in [0.29, 0.717) is 41.2 Å². The van der Waals surface area contributed by atoms with Gasteiger partial charge in [-0.1, -0.05) is 0 Å². The second kappa shape index (κ2) is 8.32. The van der Waals surface area contributed by atoms with Gasteiger partial charge in [-0.05, 0) is 37.5 Å². The molecule has 3 aliphatic rings. The molecule has 3 aliphatic heterocycles. The Bertz CT molecular complexity index is 1510. The van der Waals surface area contributed by atoms with Gasteiger partial charge >= 0.3 is 5.97 Å². The van der Waals surface area contributed by atoms with E-state index in [1.807, 2.05) is 19.1 Å². The normalized spacial score (nSPS) is 17.9. The molecule has 0 fully saturated rings. The summed E-state index contributed by atoms with van der Waals surface area (Å²) >= 11 is 0. The summed E-state index contributed by atoms with van der Waals surface area (Å²) in [6, 6.07) is 5.25. The van der Waals surface area contributed by atoms with E-state index >= 15 is 0 Å². The van der Waals surface area contributed by atoms with E-state index in [-0.39, 0.29) is 55.1 Å². The van der Waals surface area contributed by atoms with Gasteiger partial charge < -0.3 is 34.9 Å². The number of amides is 1. The van der Waals surface area contributed by atoms with Crippen LogP contribution in [0, 0.1) is 0 Å². The maximum atomic E-state index is 13.3. The molecular formula is C25H24N4O7. The van der Waals surface area contributed by atoms with E-state index < -0.39 is 12.1 Å². The largest absolute Gasteiger partial charge is 0.458 e. The van der Waals surface area contributed by atoms with Crippen LogP contribution in [-0.4, -0.2) is 45.9 Å². The van der Waals surface area contributed by atoms with Crippen LogP contribution in [0.25, 0.3) is 22.3 Å². The number of aliphatic hydroxyl groups is 1. The van der Waals surface area contributed by atoms with E-state index in [1.165, 1.54) is 0 Å². The van der Waals surface area contributed by atoms with E-state index in [2.05, 4.69) is 5.32 Å². The first kappa shape index (κ1) is 22.5. The Kier molecular flexibility index (Phi) is 5.20. The van der Waals surface area contributed by atoms with Crippen LogP contribution in [0.1, 0.15) is 41.7 Å². The second-order valence-corrected chi connectivity index (χ2v) is 9.22. The monoisotopic (exact) mass is 492 g/mol. The first-order chi connectivity index (χ1) is 17.4. The van der Waals surface area contributed by atoms with Crippen molar-refractivity contribution in [2.75, 3.05) is 13.3 Å². The minimum Gasteiger partial charge on any atom is -0.458 e. The van der Waals surface area contributed by atoms with Crippen molar-refractivity contribution < 1.29 is 28.9 Å². The number of pyridine rings is 2. The Labute approximate surface area is 204 Å². The highest BCUT2D eigenvalue weighted by atomic mass is 16.7. The number of esters is 1. The van der Waals surface area contributed by atoms with E-state index in [0.717, 1.165) is 16.5 Å². The minimum absolute atomic E-state index is 0.0810. The first-order valence-corrected chi connectivity index (χ1v) is 11.7. The van der Waals surface area contributed by atoms with Crippen molar-refractivity contribution in [3.8, 4) is 22.9 Å². The lowest BCUT2D eigenvalue weighted by Gasteiger charge is -2.21.